The topological polar surface area (TPSA) is 54.5 Å². The van der Waals surface area contributed by atoms with Crippen LogP contribution in [0.25, 0.3) is 0 Å². The molecule has 0 N–H and O–H groups in total. The molecular weight excluding hydrogens is 321 g/mol. The van der Waals surface area contributed by atoms with E-state index in [9.17, 15) is 13.2 Å². The van der Waals surface area contributed by atoms with E-state index in [2.05, 4.69) is 0 Å². The zero-order chi connectivity index (χ0) is 15.5. The van der Waals surface area contributed by atoms with Crippen LogP contribution in [0.1, 0.15) is 37.6 Å². The summed E-state index contributed by atoms with van der Waals surface area (Å²) in [6.07, 6.45) is 0.761. The third-order valence-corrected chi connectivity index (χ3v) is 4.48. The fourth-order valence-electron chi connectivity index (χ4n) is 1.89. The second kappa shape index (κ2) is 6.78. The van der Waals surface area contributed by atoms with Crippen molar-refractivity contribution in [1.82, 2.24) is 4.90 Å². The van der Waals surface area contributed by atoms with Crippen molar-refractivity contribution in [3.8, 4) is 0 Å². The maximum atomic E-state index is 12.6. The molecule has 0 aliphatic rings. The summed E-state index contributed by atoms with van der Waals surface area (Å²) in [6, 6.07) is 4.15. The minimum absolute atomic E-state index is 0.0636. The number of benzene rings is 1. The van der Waals surface area contributed by atoms with Gasteiger partial charge < -0.3 is 4.90 Å². The Labute approximate surface area is 129 Å². The number of hydrogen-bond donors (Lipinski definition) is 0. The quantitative estimate of drug-likeness (QED) is 0.772. The summed E-state index contributed by atoms with van der Waals surface area (Å²) >= 11 is 6.01. The van der Waals surface area contributed by atoms with Gasteiger partial charge in [-0.3, -0.25) is 4.79 Å². The number of rotatable bonds is 5. The van der Waals surface area contributed by atoms with Gasteiger partial charge in [0, 0.05) is 23.3 Å². The molecule has 7 heteroatoms. The van der Waals surface area contributed by atoms with E-state index < -0.39 is 15.0 Å². The van der Waals surface area contributed by atoms with Crippen molar-refractivity contribution >= 4 is 37.2 Å². The zero-order valence-electron chi connectivity index (χ0n) is 11.6. The maximum Gasteiger partial charge on any atom is 0.262 e. The Hall–Kier alpha value is -0.780. The molecule has 0 heterocycles. The zero-order valence-corrected chi connectivity index (χ0v) is 13.9. The third kappa shape index (κ3) is 3.87. The second-order valence-electron chi connectivity index (χ2n) is 4.64. The first-order chi connectivity index (χ1) is 9.20. The minimum atomic E-state index is -4.03. The van der Waals surface area contributed by atoms with E-state index in [0.29, 0.717) is 6.54 Å². The molecule has 0 bridgehead atoms. The molecule has 112 valence electrons. The first-order valence-corrected chi connectivity index (χ1v) is 8.93. The molecule has 0 saturated carbocycles. The molecular formula is C13H17Cl2NO3S. The molecule has 0 aliphatic carbocycles. The number of hydrogen-bond acceptors (Lipinski definition) is 3. The second-order valence-corrected chi connectivity index (χ2v) is 7.58. The number of amides is 1. The summed E-state index contributed by atoms with van der Waals surface area (Å²) in [5.41, 5.74) is -0.0636. The summed E-state index contributed by atoms with van der Waals surface area (Å²) in [6.45, 7) is 6.18. The van der Waals surface area contributed by atoms with Gasteiger partial charge >= 0.3 is 0 Å². The normalized spacial score (nSPS) is 11.7. The molecule has 0 unspecified atom stereocenters. The molecule has 0 spiro atoms. The lowest BCUT2D eigenvalue weighted by Gasteiger charge is -2.27. The van der Waals surface area contributed by atoms with Gasteiger partial charge in [-0.2, -0.15) is 0 Å². The van der Waals surface area contributed by atoms with Gasteiger partial charge in [-0.25, -0.2) is 8.42 Å². The fourth-order valence-corrected chi connectivity index (χ4v) is 3.27. The minimum Gasteiger partial charge on any atom is -0.336 e. The molecule has 0 radical (unpaired) electrons. The van der Waals surface area contributed by atoms with E-state index in [-0.39, 0.29) is 21.5 Å². The van der Waals surface area contributed by atoms with Crippen LogP contribution >= 0.6 is 22.3 Å². The van der Waals surface area contributed by atoms with Gasteiger partial charge in [0.05, 0.1) is 15.5 Å². The Morgan fingerprint density at radius 1 is 1.35 bits per heavy atom. The molecule has 1 aromatic rings. The van der Waals surface area contributed by atoms with Crippen LogP contribution in [0, 0.1) is 0 Å². The van der Waals surface area contributed by atoms with Crippen LogP contribution in [-0.4, -0.2) is 31.8 Å². The standard InChI is InChI=1S/C13H17Cl2NO3S/c1-4-8-16(9(2)3)13(17)12-10(14)6-5-7-11(12)20(15,18)19/h5-7,9H,4,8H2,1-3H3. The molecule has 1 aromatic carbocycles. The number of carbonyl (C=O) groups is 1. The SMILES string of the molecule is CCCN(C(=O)c1c(Cl)cccc1S(=O)(=O)Cl)C(C)C. The van der Waals surface area contributed by atoms with Crippen molar-refractivity contribution in [2.45, 2.75) is 38.1 Å². The molecule has 0 fully saturated rings. The van der Waals surface area contributed by atoms with Crippen LogP contribution in [-0.2, 0) is 9.05 Å². The highest BCUT2D eigenvalue weighted by molar-refractivity contribution is 8.13. The van der Waals surface area contributed by atoms with Crippen LogP contribution < -0.4 is 0 Å². The van der Waals surface area contributed by atoms with E-state index in [1.165, 1.54) is 18.2 Å². The fraction of sp³-hybridized carbons (Fsp3) is 0.462. The Balaban J connectivity index is 3.42. The first kappa shape index (κ1) is 17.3. The van der Waals surface area contributed by atoms with Crippen LogP contribution in [0.4, 0.5) is 0 Å². The van der Waals surface area contributed by atoms with Gasteiger partial charge in [0.1, 0.15) is 0 Å². The molecule has 20 heavy (non-hydrogen) atoms. The van der Waals surface area contributed by atoms with E-state index in [0.717, 1.165) is 6.42 Å². The smallest absolute Gasteiger partial charge is 0.262 e. The summed E-state index contributed by atoms with van der Waals surface area (Å²) in [7, 11) is 1.35. The van der Waals surface area contributed by atoms with Crippen molar-refractivity contribution in [3.05, 3.63) is 28.8 Å². The Kier molecular flexibility index (Phi) is 5.86. The van der Waals surface area contributed by atoms with Gasteiger partial charge in [-0.15, -0.1) is 0 Å². The molecule has 1 rings (SSSR count). The molecule has 0 saturated heterocycles. The van der Waals surface area contributed by atoms with Crippen molar-refractivity contribution in [1.29, 1.82) is 0 Å². The highest BCUT2D eigenvalue weighted by Gasteiger charge is 2.27. The van der Waals surface area contributed by atoms with Gasteiger partial charge in [0.15, 0.2) is 0 Å². The molecule has 0 atom stereocenters. The summed E-state index contributed by atoms with van der Waals surface area (Å²) in [5.74, 6) is -0.424. The summed E-state index contributed by atoms with van der Waals surface area (Å²) in [5, 5.41) is 0.0819. The van der Waals surface area contributed by atoms with Crippen LogP contribution in [0.3, 0.4) is 0 Å². The van der Waals surface area contributed by atoms with Crippen LogP contribution in [0.15, 0.2) is 23.1 Å². The maximum absolute atomic E-state index is 12.6. The first-order valence-electron chi connectivity index (χ1n) is 6.24. The van der Waals surface area contributed by atoms with E-state index >= 15 is 0 Å². The Morgan fingerprint density at radius 2 is 1.95 bits per heavy atom. The summed E-state index contributed by atoms with van der Waals surface area (Å²) in [4.78, 5) is 13.9. The number of halogens is 2. The Morgan fingerprint density at radius 3 is 2.40 bits per heavy atom. The van der Waals surface area contributed by atoms with Crippen LogP contribution in [0.2, 0.25) is 5.02 Å². The highest BCUT2D eigenvalue weighted by Crippen LogP contribution is 2.28. The number of carbonyl (C=O) groups excluding carboxylic acids is 1. The average Bonchev–Trinajstić information content (AvgIpc) is 2.33. The van der Waals surface area contributed by atoms with E-state index in [1.807, 2.05) is 20.8 Å². The average molecular weight is 338 g/mol. The summed E-state index contributed by atoms with van der Waals surface area (Å²) < 4.78 is 23.2. The lowest BCUT2D eigenvalue weighted by Crippen LogP contribution is -2.38. The van der Waals surface area contributed by atoms with Gasteiger partial charge in [0.2, 0.25) is 0 Å². The van der Waals surface area contributed by atoms with Crippen LogP contribution in [0.5, 0.6) is 0 Å². The lowest BCUT2D eigenvalue weighted by atomic mass is 10.1. The van der Waals surface area contributed by atoms with Gasteiger partial charge in [-0.05, 0) is 32.4 Å². The van der Waals surface area contributed by atoms with Gasteiger partial charge in [-0.1, -0.05) is 24.6 Å². The number of nitrogens with zero attached hydrogens (tertiary/aromatic N) is 1. The van der Waals surface area contributed by atoms with E-state index in [4.69, 9.17) is 22.3 Å². The predicted molar refractivity (Wildman–Crippen MR) is 81.0 cm³/mol. The van der Waals surface area contributed by atoms with E-state index in [1.54, 1.807) is 4.90 Å². The van der Waals surface area contributed by atoms with Crippen molar-refractivity contribution in [2.75, 3.05) is 6.54 Å². The predicted octanol–water partition coefficient (Wildman–Crippen LogP) is 3.53. The molecule has 0 aliphatic heterocycles. The third-order valence-electron chi connectivity index (χ3n) is 2.80. The largest absolute Gasteiger partial charge is 0.336 e. The molecule has 4 nitrogen and oxygen atoms in total. The monoisotopic (exact) mass is 337 g/mol. The van der Waals surface area contributed by atoms with Crippen molar-refractivity contribution in [2.24, 2.45) is 0 Å². The lowest BCUT2D eigenvalue weighted by molar-refractivity contribution is 0.0702. The van der Waals surface area contributed by atoms with Gasteiger partial charge in [0.25, 0.3) is 15.0 Å². The molecule has 1 amide bonds. The molecule has 0 aromatic heterocycles. The Bertz CT molecular complexity index is 600. The van der Waals surface area contributed by atoms with Crippen molar-refractivity contribution in [3.63, 3.8) is 0 Å². The highest BCUT2D eigenvalue weighted by atomic mass is 35.7. The van der Waals surface area contributed by atoms with Crippen molar-refractivity contribution < 1.29 is 13.2 Å².